The summed E-state index contributed by atoms with van der Waals surface area (Å²) in [4.78, 5) is 54.8. The maximum atomic E-state index is 13.1. The number of nitrogens with zero attached hydrogens (tertiary/aromatic N) is 4. The van der Waals surface area contributed by atoms with Gasteiger partial charge in [-0.2, -0.15) is 0 Å². The molecule has 3 heterocycles. The molecular formula is C19H24N4O5. The standard InChI is InChI=1S/C19H24N4O5/c1-11-10-13(20-16-15(11)18(27)22(3)19(28)21(16)2)17(26)23-9-5-4-6-12(23)7-8-14(24)25/h10,12H,4-9H2,1-3H3,(H,24,25). The molecule has 1 fully saturated rings. The second-order valence-electron chi connectivity index (χ2n) is 7.31. The zero-order chi connectivity index (χ0) is 20.6. The van der Waals surface area contributed by atoms with Crippen LogP contribution in [0.25, 0.3) is 11.0 Å². The largest absolute Gasteiger partial charge is 0.481 e. The van der Waals surface area contributed by atoms with E-state index in [2.05, 4.69) is 4.98 Å². The molecule has 2 aromatic rings. The van der Waals surface area contributed by atoms with Gasteiger partial charge in [0.2, 0.25) is 0 Å². The average Bonchev–Trinajstić information content (AvgIpc) is 2.68. The van der Waals surface area contributed by atoms with Crippen molar-refractivity contribution in [2.45, 2.75) is 45.1 Å². The summed E-state index contributed by atoms with van der Waals surface area (Å²) in [6.45, 7) is 2.25. The molecule has 3 rings (SSSR count). The minimum Gasteiger partial charge on any atom is -0.481 e. The number of fused-ring (bicyclic) bond motifs is 1. The molecule has 0 aromatic carbocycles. The Kier molecular flexibility index (Phi) is 5.35. The molecule has 1 amide bonds. The van der Waals surface area contributed by atoms with Crippen molar-refractivity contribution in [3.8, 4) is 0 Å². The van der Waals surface area contributed by atoms with E-state index in [0.29, 0.717) is 23.9 Å². The van der Waals surface area contributed by atoms with Crippen molar-refractivity contribution in [3.63, 3.8) is 0 Å². The van der Waals surface area contributed by atoms with Crippen molar-refractivity contribution in [1.82, 2.24) is 19.0 Å². The molecule has 0 bridgehead atoms. The number of pyridine rings is 1. The predicted octanol–water partition coefficient (Wildman–Crippen LogP) is 0.800. The molecule has 9 heteroatoms. The second kappa shape index (κ2) is 7.57. The summed E-state index contributed by atoms with van der Waals surface area (Å²) in [6, 6.07) is 1.42. The van der Waals surface area contributed by atoms with Crippen molar-refractivity contribution in [1.29, 1.82) is 0 Å². The first-order valence-electron chi connectivity index (χ1n) is 9.32. The number of aryl methyl sites for hydroxylation is 2. The Morgan fingerprint density at radius 1 is 1.21 bits per heavy atom. The lowest BCUT2D eigenvalue weighted by Gasteiger charge is -2.35. The number of rotatable bonds is 4. The van der Waals surface area contributed by atoms with E-state index in [1.165, 1.54) is 18.7 Å². The van der Waals surface area contributed by atoms with Crippen LogP contribution in [-0.2, 0) is 18.9 Å². The lowest BCUT2D eigenvalue weighted by molar-refractivity contribution is -0.137. The minimum absolute atomic E-state index is 0.00314. The van der Waals surface area contributed by atoms with Crippen LogP contribution in [0.3, 0.4) is 0 Å². The fourth-order valence-electron chi connectivity index (χ4n) is 3.85. The van der Waals surface area contributed by atoms with Crippen molar-refractivity contribution in [2.24, 2.45) is 14.1 Å². The first-order valence-corrected chi connectivity index (χ1v) is 9.32. The van der Waals surface area contributed by atoms with Crippen molar-refractivity contribution in [2.75, 3.05) is 6.54 Å². The molecule has 0 spiro atoms. The number of amides is 1. The molecule has 1 aliphatic heterocycles. The van der Waals surface area contributed by atoms with E-state index in [-0.39, 0.29) is 29.7 Å². The molecule has 0 radical (unpaired) electrons. The first kappa shape index (κ1) is 19.8. The number of aliphatic carboxylic acids is 1. The van der Waals surface area contributed by atoms with Crippen LogP contribution in [0.4, 0.5) is 0 Å². The molecule has 0 saturated carbocycles. The third-order valence-electron chi connectivity index (χ3n) is 5.41. The quantitative estimate of drug-likeness (QED) is 0.829. The highest BCUT2D eigenvalue weighted by atomic mass is 16.4. The van der Waals surface area contributed by atoms with Gasteiger partial charge >= 0.3 is 11.7 Å². The van der Waals surface area contributed by atoms with Gasteiger partial charge in [-0.3, -0.25) is 23.5 Å². The number of hydrogen-bond acceptors (Lipinski definition) is 5. The fourth-order valence-corrected chi connectivity index (χ4v) is 3.85. The van der Waals surface area contributed by atoms with Gasteiger partial charge in [0.1, 0.15) is 11.3 Å². The SMILES string of the molecule is Cc1cc(C(=O)N2CCCCC2CCC(=O)O)nc2c1c(=O)n(C)c(=O)n2C. The number of piperidine rings is 1. The van der Waals surface area contributed by atoms with Gasteiger partial charge in [-0.25, -0.2) is 9.78 Å². The molecule has 0 aliphatic carbocycles. The van der Waals surface area contributed by atoms with Crippen LogP contribution < -0.4 is 11.2 Å². The van der Waals surface area contributed by atoms with Crippen LogP contribution >= 0.6 is 0 Å². The van der Waals surface area contributed by atoms with E-state index in [1.54, 1.807) is 17.9 Å². The Morgan fingerprint density at radius 3 is 2.61 bits per heavy atom. The molecule has 1 unspecified atom stereocenters. The van der Waals surface area contributed by atoms with E-state index in [0.717, 1.165) is 23.8 Å². The molecule has 2 aromatic heterocycles. The summed E-state index contributed by atoms with van der Waals surface area (Å²) >= 11 is 0. The first-order chi connectivity index (χ1) is 13.2. The number of aromatic nitrogens is 3. The maximum absolute atomic E-state index is 13.1. The van der Waals surface area contributed by atoms with Gasteiger partial charge in [0.15, 0.2) is 0 Å². The number of hydrogen-bond donors (Lipinski definition) is 1. The zero-order valence-corrected chi connectivity index (χ0v) is 16.3. The van der Waals surface area contributed by atoms with Gasteiger partial charge in [0, 0.05) is 33.1 Å². The van der Waals surface area contributed by atoms with E-state index in [9.17, 15) is 19.2 Å². The Morgan fingerprint density at radius 2 is 1.93 bits per heavy atom. The smallest absolute Gasteiger partial charge is 0.332 e. The Labute approximate surface area is 161 Å². The topological polar surface area (TPSA) is 114 Å². The van der Waals surface area contributed by atoms with E-state index in [4.69, 9.17) is 5.11 Å². The number of carbonyl (C=O) groups excluding carboxylic acids is 1. The van der Waals surface area contributed by atoms with Gasteiger partial charge in [0.05, 0.1) is 5.39 Å². The molecule has 1 N–H and O–H groups in total. The van der Waals surface area contributed by atoms with E-state index < -0.39 is 17.2 Å². The second-order valence-corrected chi connectivity index (χ2v) is 7.31. The van der Waals surface area contributed by atoms with Crippen LogP contribution in [0, 0.1) is 6.92 Å². The molecule has 28 heavy (non-hydrogen) atoms. The van der Waals surface area contributed by atoms with Crippen LogP contribution in [-0.4, -0.2) is 48.6 Å². The monoisotopic (exact) mass is 388 g/mol. The molecule has 1 saturated heterocycles. The minimum atomic E-state index is -0.886. The van der Waals surface area contributed by atoms with Gasteiger partial charge in [-0.05, 0) is 44.2 Å². The number of carboxylic acids is 1. The number of likely N-dealkylation sites (tertiary alicyclic amines) is 1. The summed E-state index contributed by atoms with van der Waals surface area (Å²) in [6.07, 6.45) is 2.95. The van der Waals surface area contributed by atoms with Gasteiger partial charge in [-0.1, -0.05) is 0 Å². The van der Waals surface area contributed by atoms with Gasteiger partial charge in [0.25, 0.3) is 11.5 Å². The third kappa shape index (κ3) is 3.44. The van der Waals surface area contributed by atoms with Gasteiger partial charge in [-0.15, -0.1) is 0 Å². The molecular weight excluding hydrogens is 364 g/mol. The van der Waals surface area contributed by atoms with Gasteiger partial charge < -0.3 is 10.0 Å². The summed E-state index contributed by atoms with van der Waals surface area (Å²) in [5.41, 5.74) is -0.0413. The van der Waals surface area contributed by atoms with Crippen LogP contribution in [0.5, 0.6) is 0 Å². The Balaban J connectivity index is 2.05. The fraction of sp³-hybridized carbons (Fsp3) is 0.526. The third-order valence-corrected chi connectivity index (χ3v) is 5.41. The van der Waals surface area contributed by atoms with Crippen LogP contribution in [0.15, 0.2) is 15.7 Å². The Bertz CT molecular complexity index is 1070. The summed E-state index contributed by atoms with van der Waals surface area (Å²) < 4.78 is 2.28. The molecule has 1 aliphatic rings. The normalized spacial score (nSPS) is 17.1. The highest BCUT2D eigenvalue weighted by molar-refractivity contribution is 5.95. The highest BCUT2D eigenvalue weighted by Crippen LogP contribution is 2.23. The van der Waals surface area contributed by atoms with Crippen molar-refractivity contribution < 1.29 is 14.7 Å². The molecule has 9 nitrogen and oxygen atoms in total. The van der Waals surface area contributed by atoms with Crippen LogP contribution in [0.2, 0.25) is 0 Å². The van der Waals surface area contributed by atoms with Crippen LogP contribution in [0.1, 0.15) is 48.2 Å². The lowest BCUT2D eigenvalue weighted by Crippen LogP contribution is -2.44. The van der Waals surface area contributed by atoms with E-state index in [1.807, 2.05) is 0 Å². The zero-order valence-electron chi connectivity index (χ0n) is 16.3. The number of carboxylic acid groups (broad SMARTS) is 1. The number of carbonyl (C=O) groups is 2. The van der Waals surface area contributed by atoms with Crippen molar-refractivity contribution >= 4 is 22.9 Å². The average molecular weight is 388 g/mol. The summed E-state index contributed by atoms with van der Waals surface area (Å²) in [5, 5.41) is 9.27. The highest BCUT2D eigenvalue weighted by Gasteiger charge is 2.29. The van der Waals surface area contributed by atoms with E-state index >= 15 is 0 Å². The molecule has 1 atom stereocenters. The lowest BCUT2D eigenvalue weighted by atomic mass is 9.97. The summed E-state index contributed by atoms with van der Waals surface area (Å²) in [7, 11) is 2.92. The van der Waals surface area contributed by atoms with Crippen molar-refractivity contribution in [3.05, 3.63) is 38.2 Å². The molecule has 150 valence electrons. The summed E-state index contributed by atoms with van der Waals surface area (Å²) in [5.74, 6) is -1.18. The maximum Gasteiger partial charge on any atom is 0.332 e. The predicted molar refractivity (Wildman–Crippen MR) is 103 cm³/mol. The Hall–Kier alpha value is -2.97.